The van der Waals surface area contributed by atoms with Gasteiger partial charge >= 0.3 is 0 Å². The summed E-state index contributed by atoms with van der Waals surface area (Å²) in [6.45, 7) is 9.79. The van der Waals surface area contributed by atoms with Crippen LogP contribution < -0.4 is 5.32 Å². The second kappa shape index (κ2) is 8.08. The third-order valence-electron chi connectivity index (χ3n) is 3.27. The molecule has 1 unspecified atom stereocenters. The molecule has 0 aromatic carbocycles. The maximum atomic E-state index is 9.45. The second-order valence-electron chi connectivity index (χ2n) is 4.32. The van der Waals surface area contributed by atoms with Crippen LogP contribution in [0.1, 0.15) is 40.0 Å². The molecule has 92 valence electrons. The molecule has 15 heavy (non-hydrogen) atoms. The number of hydrogen-bond donors (Lipinski definition) is 2. The Balaban J connectivity index is 3.94. The summed E-state index contributed by atoms with van der Waals surface area (Å²) in [5.74, 6) is 0. The number of nitrogens with one attached hydrogen (secondary N) is 1. The Bertz CT molecular complexity index is 147. The van der Waals surface area contributed by atoms with E-state index in [2.05, 4.69) is 38.0 Å². The normalized spacial score (nSPS) is 15.6. The summed E-state index contributed by atoms with van der Waals surface area (Å²) >= 11 is 0. The van der Waals surface area contributed by atoms with Crippen LogP contribution >= 0.6 is 0 Å². The van der Waals surface area contributed by atoms with Crippen LogP contribution in [0.15, 0.2) is 0 Å². The maximum absolute atomic E-state index is 9.45. The fourth-order valence-corrected chi connectivity index (χ4v) is 1.86. The molecule has 0 aromatic rings. The maximum Gasteiger partial charge on any atom is 0.0613 e. The molecule has 0 bridgehead atoms. The van der Waals surface area contributed by atoms with Crippen molar-refractivity contribution in [1.29, 1.82) is 0 Å². The molecule has 0 aliphatic heterocycles. The molecule has 0 saturated carbocycles. The van der Waals surface area contributed by atoms with E-state index in [1.54, 1.807) is 0 Å². The molecule has 0 fully saturated rings. The highest BCUT2D eigenvalue weighted by Gasteiger charge is 2.25. The van der Waals surface area contributed by atoms with E-state index in [-0.39, 0.29) is 12.1 Å². The first-order chi connectivity index (χ1) is 7.14. The zero-order valence-corrected chi connectivity index (χ0v) is 10.8. The smallest absolute Gasteiger partial charge is 0.0613 e. The Hall–Kier alpha value is -0.120. The predicted octanol–water partition coefficient (Wildman–Crippen LogP) is 1.47. The van der Waals surface area contributed by atoms with E-state index < -0.39 is 0 Å². The van der Waals surface area contributed by atoms with E-state index in [9.17, 15) is 5.11 Å². The SMILES string of the molecule is CCNC(CC)(CO)CCCN(C)CC. The Morgan fingerprint density at radius 1 is 1.27 bits per heavy atom. The van der Waals surface area contributed by atoms with Crippen molar-refractivity contribution in [1.82, 2.24) is 10.2 Å². The standard InChI is InChI=1S/C12H28N2O/c1-5-12(11-15,13-6-2)9-8-10-14(4)7-3/h13,15H,5-11H2,1-4H3. The first-order valence-electron chi connectivity index (χ1n) is 6.18. The fraction of sp³-hybridized carbons (Fsp3) is 1.00. The summed E-state index contributed by atoms with van der Waals surface area (Å²) in [4.78, 5) is 2.31. The lowest BCUT2D eigenvalue weighted by Crippen LogP contribution is -2.48. The molecule has 0 amide bonds. The van der Waals surface area contributed by atoms with E-state index in [0.29, 0.717) is 0 Å². The molecule has 0 aliphatic carbocycles. The molecule has 0 saturated heterocycles. The van der Waals surface area contributed by atoms with E-state index in [1.165, 1.54) is 0 Å². The zero-order valence-electron chi connectivity index (χ0n) is 10.8. The third kappa shape index (κ3) is 5.50. The van der Waals surface area contributed by atoms with Crippen LogP contribution in [0.4, 0.5) is 0 Å². The Morgan fingerprint density at radius 2 is 1.93 bits per heavy atom. The summed E-state index contributed by atoms with van der Waals surface area (Å²) in [7, 11) is 2.14. The topological polar surface area (TPSA) is 35.5 Å². The number of nitrogens with zero attached hydrogens (tertiary/aromatic N) is 1. The van der Waals surface area contributed by atoms with E-state index >= 15 is 0 Å². The zero-order chi connectivity index (χ0) is 11.7. The lowest BCUT2D eigenvalue weighted by molar-refractivity contribution is 0.142. The lowest BCUT2D eigenvalue weighted by atomic mass is 9.91. The molecule has 0 spiro atoms. The molecule has 0 rings (SSSR count). The Morgan fingerprint density at radius 3 is 2.33 bits per heavy atom. The van der Waals surface area contributed by atoms with Crippen molar-refractivity contribution in [3.63, 3.8) is 0 Å². The van der Waals surface area contributed by atoms with Gasteiger partial charge in [0, 0.05) is 5.54 Å². The highest BCUT2D eigenvalue weighted by Crippen LogP contribution is 2.16. The van der Waals surface area contributed by atoms with Gasteiger partial charge in [0.2, 0.25) is 0 Å². The number of hydrogen-bond acceptors (Lipinski definition) is 3. The highest BCUT2D eigenvalue weighted by atomic mass is 16.3. The van der Waals surface area contributed by atoms with E-state index in [4.69, 9.17) is 0 Å². The average Bonchev–Trinajstić information content (AvgIpc) is 2.27. The summed E-state index contributed by atoms with van der Waals surface area (Å²) in [5, 5.41) is 12.9. The predicted molar refractivity (Wildman–Crippen MR) is 66.2 cm³/mol. The van der Waals surface area contributed by atoms with Gasteiger partial charge in [-0.15, -0.1) is 0 Å². The van der Waals surface area contributed by atoms with Gasteiger partial charge in [-0.1, -0.05) is 20.8 Å². The molecular formula is C12H28N2O. The van der Waals surface area contributed by atoms with Crippen LogP contribution in [-0.2, 0) is 0 Å². The Labute approximate surface area is 94.9 Å². The summed E-state index contributed by atoms with van der Waals surface area (Å²) in [5.41, 5.74) is -0.0523. The van der Waals surface area contributed by atoms with E-state index in [1.807, 2.05) is 0 Å². The van der Waals surface area contributed by atoms with Gasteiger partial charge in [0.1, 0.15) is 0 Å². The fourth-order valence-electron chi connectivity index (χ4n) is 1.86. The van der Waals surface area contributed by atoms with Gasteiger partial charge in [0.25, 0.3) is 0 Å². The van der Waals surface area contributed by atoms with Crippen LogP contribution in [0, 0.1) is 0 Å². The third-order valence-corrected chi connectivity index (χ3v) is 3.27. The van der Waals surface area contributed by atoms with Gasteiger partial charge in [-0.3, -0.25) is 0 Å². The number of aliphatic hydroxyl groups excluding tert-OH is 1. The largest absolute Gasteiger partial charge is 0.394 e. The molecule has 0 aromatic heterocycles. The lowest BCUT2D eigenvalue weighted by Gasteiger charge is -2.32. The van der Waals surface area contributed by atoms with Gasteiger partial charge < -0.3 is 15.3 Å². The molecule has 0 heterocycles. The molecule has 1 atom stereocenters. The van der Waals surface area contributed by atoms with Crippen LogP contribution in [-0.4, -0.2) is 48.8 Å². The first-order valence-corrected chi connectivity index (χ1v) is 6.18. The van der Waals surface area contributed by atoms with Crippen molar-refractivity contribution in [3.8, 4) is 0 Å². The monoisotopic (exact) mass is 216 g/mol. The van der Waals surface area contributed by atoms with Crippen LogP contribution in [0.3, 0.4) is 0 Å². The minimum absolute atomic E-state index is 0.0523. The van der Waals surface area contributed by atoms with Crippen LogP contribution in [0.25, 0.3) is 0 Å². The van der Waals surface area contributed by atoms with Crippen molar-refractivity contribution in [2.75, 3.05) is 33.3 Å². The number of aliphatic hydroxyl groups is 1. The highest BCUT2D eigenvalue weighted by molar-refractivity contribution is 4.85. The summed E-state index contributed by atoms with van der Waals surface area (Å²) in [6.07, 6.45) is 3.19. The van der Waals surface area contributed by atoms with Crippen molar-refractivity contribution >= 4 is 0 Å². The van der Waals surface area contributed by atoms with E-state index in [0.717, 1.165) is 38.9 Å². The summed E-state index contributed by atoms with van der Waals surface area (Å²) < 4.78 is 0. The molecule has 3 heteroatoms. The van der Waals surface area contributed by atoms with Crippen LogP contribution in [0.2, 0.25) is 0 Å². The quantitative estimate of drug-likeness (QED) is 0.612. The molecular weight excluding hydrogens is 188 g/mol. The molecule has 3 nitrogen and oxygen atoms in total. The molecule has 0 radical (unpaired) electrons. The van der Waals surface area contributed by atoms with Crippen molar-refractivity contribution < 1.29 is 5.11 Å². The van der Waals surface area contributed by atoms with Crippen molar-refractivity contribution in [2.45, 2.75) is 45.6 Å². The van der Waals surface area contributed by atoms with Gasteiger partial charge in [-0.2, -0.15) is 0 Å². The van der Waals surface area contributed by atoms with Crippen LogP contribution in [0.5, 0.6) is 0 Å². The second-order valence-corrected chi connectivity index (χ2v) is 4.32. The van der Waals surface area contributed by atoms with Gasteiger partial charge in [-0.25, -0.2) is 0 Å². The Kier molecular flexibility index (Phi) is 8.02. The van der Waals surface area contributed by atoms with Gasteiger partial charge in [0.05, 0.1) is 6.61 Å². The minimum Gasteiger partial charge on any atom is -0.394 e. The molecule has 2 N–H and O–H groups in total. The first kappa shape index (κ1) is 14.9. The minimum atomic E-state index is -0.0523. The summed E-state index contributed by atoms with van der Waals surface area (Å²) in [6, 6.07) is 0. The number of likely N-dealkylation sites (N-methyl/N-ethyl adjacent to an activating group) is 1. The number of rotatable bonds is 9. The average molecular weight is 216 g/mol. The van der Waals surface area contributed by atoms with Crippen molar-refractivity contribution in [3.05, 3.63) is 0 Å². The van der Waals surface area contributed by atoms with Crippen molar-refractivity contribution in [2.24, 2.45) is 0 Å². The van der Waals surface area contributed by atoms with Gasteiger partial charge in [0.15, 0.2) is 0 Å². The van der Waals surface area contributed by atoms with Gasteiger partial charge in [-0.05, 0) is 45.9 Å². The molecule has 0 aliphatic rings.